The van der Waals surface area contributed by atoms with E-state index in [1.54, 1.807) is 6.92 Å². The summed E-state index contributed by atoms with van der Waals surface area (Å²) in [6.07, 6.45) is 0.713. The molecule has 2 aromatic carbocycles. The number of hydrogen-bond acceptors (Lipinski definition) is 1. The van der Waals surface area contributed by atoms with Gasteiger partial charge >= 0.3 is 5.97 Å². The number of carboxylic acids is 1. The molecule has 0 aromatic heterocycles. The van der Waals surface area contributed by atoms with Gasteiger partial charge in [-0.25, -0.2) is 0 Å². The summed E-state index contributed by atoms with van der Waals surface area (Å²) in [6.45, 7) is 1.71. The lowest BCUT2D eigenvalue weighted by molar-refractivity contribution is -0.138. The lowest BCUT2D eigenvalue weighted by Gasteiger charge is -2.13. The van der Waals surface area contributed by atoms with E-state index in [4.69, 9.17) is 16.7 Å². The van der Waals surface area contributed by atoms with Gasteiger partial charge in [-0.05, 0) is 42.2 Å². The minimum atomic E-state index is -0.802. The molecular formula is C16H15ClO2. The number of carbonyl (C=O) groups is 1. The molecule has 1 N–H and O–H groups in total. The van der Waals surface area contributed by atoms with Crippen molar-refractivity contribution in [3.63, 3.8) is 0 Å². The molecule has 98 valence electrons. The van der Waals surface area contributed by atoms with Crippen molar-refractivity contribution in [1.82, 2.24) is 0 Å². The molecule has 0 heterocycles. The third kappa shape index (κ3) is 3.36. The van der Waals surface area contributed by atoms with E-state index in [0.29, 0.717) is 11.4 Å². The molecule has 0 spiro atoms. The summed E-state index contributed by atoms with van der Waals surface area (Å²) in [5, 5.41) is 9.85. The first-order chi connectivity index (χ1) is 9.08. The third-order valence-corrected chi connectivity index (χ3v) is 3.45. The number of rotatable bonds is 4. The Hall–Kier alpha value is -1.80. The second-order valence-electron chi connectivity index (χ2n) is 4.56. The molecule has 0 aliphatic rings. The van der Waals surface area contributed by atoms with Crippen LogP contribution < -0.4 is 0 Å². The smallest absolute Gasteiger partial charge is 0.310 e. The van der Waals surface area contributed by atoms with Crippen LogP contribution in [0.15, 0.2) is 48.5 Å². The number of halogens is 1. The van der Waals surface area contributed by atoms with Crippen LogP contribution >= 0.6 is 11.6 Å². The Morgan fingerprint density at radius 3 is 2.42 bits per heavy atom. The molecule has 1 unspecified atom stereocenters. The maximum Gasteiger partial charge on any atom is 0.310 e. The van der Waals surface area contributed by atoms with E-state index < -0.39 is 11.9 Å². The van der Waals surface area contributed by atoms with Gasteiger partial charge in [-0.3, -0.25) is 4.79 Å². The molecule has 0 radical (unpaired) electrons. The van der Waals surface area contributed by atoms with Crippen LogP contribution in [0, 0.1) is 0 Å². The second-order valence-corrected chi connectivity index (χ2v) is 5.00. The first kappa shape index (κ1) is 13.6. The molecule has 2 rings (SSSR count). The molecule has 0 aliphatic heterocycles. The van der Waals surface area contributed by atoms with Gasteiger partial charge in [0.1, 0.15) is 0 Å². The first-order valence-corrected chi connectivity index (χ1v) is 6.51. The molecule has 0 saturated carbocycles. The van der Waals surface area contributed by atoms with E-state index in [2.05, 4.69) is 0 Å². The van der Waals surface area contributed by atoms with Gasteiger partial charge < -0.3 is 5.11 Å². The summed E-state index contributed by atoms with van der Waals surface area (Å²) < 4.78 is 0. The fraction of sp³-hybridized carbons (Fsp3) is 0.188. The van der Waals surface area contributed by atoms with Crippen molar-refractivity contribution >= 4 is 17.6 Å². The lowest BCUT2D eigenvalue weighted by atomic mass is 9.92. The lowest BCUT2D eigenvalue weighted by Crippen LogP contribution is -2.10. The Morgan fingerprint density at radius 1 is 1.16 bits per heavy atom. The van der Waals surface area contributed by atoms with E-state index in [-0.39, 0.29) is 0 Å². The molecular weight excluding hydrogens is 260 g/mol. The van der Waals surface area contributed by atoms with Crippen molar-refractivity contribution in [3.05, 3.63) is 70.2 Å². The van der Waals surface area contributed by atoms with E-state index in [0.717, 1.165) is 16.7 Å². The molecule has 0 fully saturated rings. The predicted octanol–water partition coefficient (Wildman–Crippen LogP) is 4.12. The largest absolute Gasteiger partial charge is 0.481 e. The number of carboxylic acid groups (broad SMARTS) is 1. The number of benzene rings is 2. The van der Waals surface area contributed by atoms with Crippen molar-refractivity contribution in [2.24, 2.45) is 0 Å². The third-order valence-electron chi connectivity index (χ3n) is 3.20. The Balaban J connectivity index is 2.30. The van der Waals surface area contributed by atoms with Crippen LogP contribution in [0.4, 0.5) is 0 Å². The van der Waals surface area contributed by atoms with Crippen LogP contribution in [0.3, 0.4) is 0 Å². The average Bonchev–Trinajstić information content (AvgIpc) is 2.41. The SMILES string of the molecule is CC(C(=O)O)c1ccccc1Cc1ccc(Cl)cc1. The van der Waals surface area contributed by atoms with Gasteiger partial charge in [-0.1, -0.05) is 48.0 Å². The van der Waals surface area contributed by atoms with Crippen molar-refractivity contribution in [2.45, 2.75) is 19.3 Å². The highest BCUT2D eigenvalue weighted by molar-refractivity contribution is 6.30. The first-order valence-electron chi connectivity index (χ1n) is 6.13. The monoisotopic (exact) mass is 274 g/mol. The summed E-state index contributed by atoms with van der Waals surface area (Å²) in [6, 6.07) is 15.3. The predicted molar refractivity (Wildman–Crippen MR) is 76.8 cm³/mol. The second kappa shape index (κ2) is 5.89. The van der Waals surface area contributed by atoms with E-state index in [1.165, 1.54) is 0 Å². The molecule has 3 heteroatoms. The Bertz CT molecular complexity index is 576. The molecule has 0 bridgehead atoms. The fourth-order valence-corrected chi connectivity index (χ4v) is 2.20. The van der Waals surface area contributed by atoms with Crippen LogP contribution in [-0.4, -0.2) is 11.1 Å². The zero-order valence-electron chi connectivity index (χ0n) is 10.6. The molecule has 2 aromatic rings. The summed E-state index contributed by atoms with van der Waals surface area (Å²) >= 11 is 5.86. The van der Waals surface area contributed by atoms with Crippen molar-refractivity contribution < 1.29 is 9.90 Å². The standard InChI is InChI=1S/C16H15ClO2/c1-11(16(18)19)15-5-3-2-4-13(15)10-12-6-8-14(17)9-7-12/h2-9,11H,10H2,1H3,(H,18,19). The highest BCUT2D eigenvalue weighted by Crippen LogP contribution is 2.23. The van der Waals surface area contributed by atoms with E-state index >= 15 is 0 Å². The molecule has 1 atom stereocenters. The summed E-state index contributed by atoms with van der Waals surface area (Å²) in [7, 11) is 0. The van der Waals surface area contributed by atoms with Crippen LogP contribution in [-0.2, 0) is 11.2 Å². The molecule has 0 aliphatic carbocycles. The molecule has 0 amide bonds. The van der Waals surface area contributed by atoms with Crippen molar-refractivity contribution in [2.75, 3.05) is 0 Å². The van der Waals surface area contributed by atoms with Crippen LogP contribution in [0.2, 0.25) is 5.02 Å². The Labute approximate surface area is 117 Å². The van der Waals surface area contributed by atoms with Gasteiger partial charge in [0.2, 0.25) is 0 Å². The maximum absolute atomic E-state index is 11.1. The van der Waals surface area contributed by atoms with Crippen LogP contribution in [0.25, 0.3) is 0 Å². The Morgan fingerprint density at radius 2 is 1.79 bits per heavy atom. The maximum atomic E-state index is 11.1. The molecule has 2 nitrogen and oxygen atoms in total. The van der Waals surface area contributed by atoms with E-state index in [1.807, 2.05) is 48.5 Å². The quantitative estimate of drug-likeness (QED) is 0.911. The number of aliphatic carboxylic acids is 1. The summed E-state index contributed by atoms with van der Waals surface area (Å²) in [5.74, 6) is -1.30. The van der Waals surface area contributed by atoms with Gasteiger partial charge in [0.25, 0.3) is 0 Å². The number of hydrogen-bond donors (Lipinski definition) is 1. The van der Waals surface area contributed by atoms with Crippen molar-refractivity contribution in [1.29, 1.82) is 0 Å². The molecule has 19 heavy (non-hydrogen) atoms. The van der Waals surface area contributed by atoms with Gasteiger partial charge in [0.05, 0.1) is 5.92 Å². The fourth-order valence-electron chi connectivity index (χ4n) is 2.07. The van der Waals surface area contributed by atoms with Gasteiger partial charge in [-0.2, -0.15) is 0 Å². The zero-order chi connectivity index (χ0) is 13.8. The highest BCUT2D eigenvalue weighted by Gasteiger charge is 2.16. The van der Waals surface area contributed by atoms with Crippen LogP contribution in [0.5, 0.6) is 0 Å². The minimum absolute atomic E-state index is 0.497. The summed E-state index contributed by atoms with van der Waals surface area (Å²) in [5.41, 5.74) is 3.03. The normalized spacial score (nSPS) is 12.1. The average molecular weight is 275 g/mol. The van der Waals surface area contributed by atoms with Crippen molar-refractivity contribution in [3.8, 4) is 0 Å². The Kier molecular flexibility index (Phi) is 4.23. The topological polar surface area (TPSA) is 37.3 Å². The minimum Gasteiger partial charge on any atom is -0.481 e. The molecule has 0 saturated heterocycles. The van der Waals surface area contributed by atoms with Crippen LogP contribution in [0.1, 0.15) is 29.5 Å². The summed E-state index contributed by atoms with van der Waals surface area (Å²) in [4.78, 5) is 11.1. The van der Waals surface area contributed by atoms with Gasteiger partial charge in [-0.15, -0.1) is 0 Å². The van der Waals surface area contributed by atoms with E-state index in [9.17, 15) is 4.79 Å². The zero-order valence-corrected chi connectivity index (χ0v) is 11.4. The van der Waals surface area contributed by atoms with Gasteiger partial charge in [0.15, 0.2) is 0 Å². The van der Waals surface area contributed by atoms with Gasteiger partial charge in [0, 0.05) is 5.02 Å². The highest BCUT2D eigenvalue weighted by atomic mass is 35.5.